The van der Waals surface area contributed by atoms with Gasteiger partial charge in [0.05, 0.1) is 4.88 Å². The molecule has 0 aromatic carbocycles. The van der Waals surface area contributed by atoms with Gasteiger partial charge in [-0.15, -0.1) is 11.3 Å². The molecule has 3 aromatic heterocycles. The molecule has 1 aliphatic rings. The third-order valence-corrected chi connectivity index (χ3v) is 7.86. The molecule has 1 fully saturated rings. The molecule has 0 bridgehead atoms. The number of hydrogen-bond acceptors (Lipinski definition) is 7. The van der Waals surface area contributed by atoms with Crippen molar-refractivity contribution in [2.75, 3.05) is 5.32 Å². The molecule has 164 valence electrons. The van der Waals surface area contributed by atoms with Crippen molar-refractivity contribution < 1.29 is 8.42 Å². The molecule has 0 unspecified atom stereocenters. The van der Waals surface area contributed by atoms with Crippen molar-refractivity contribution in [3.8, 4) is 10.7 Å². The van der Waals surface area contributed by atoms with E-state index in [1.165, 1.54) is 12.8 Å². The highest BCUT2D eigenvalue weighted by atomic mass is 32.2. The highest BCUT2D eigenvalue weighted by Crippen LogP contribution is 2.40. The first-order valence-electron chi connectivity index (χ1n) is 10.1. The molecule has 3 N–H and O–H groups in total. The van der Waals surface area contributed by atoms with E-state index in [0.29, 0.717) is 28.3 Å². The molecular weight excluding hydrogens is 432 g/mol. The summed E-state index contributed by atoms with van der Waals surface area (Å²) in [5, 5.41) is 10.7. The van der Waals surface area contributed by atoms with Crippen molar-refractivity contribution >= 4 is 39.1 Å². The number of aromatic amines is 1. The fourth-order valence-corrected chi connectivity index (χ4v) is 5.74. The zero-order chi connectivity index (χ0) is 22.2. The minimum Gasteiger partial charge on any atom is -0.323 e. The van der Waals surface area contributed by atoms with Gasteiger partial charge in [-0.25, -0.2) is 23.1 Å². The summed E-state index contributed by atoms with van der Waals surface area (Å²) in [6.45, 7) is 7.35. The fourth-order valence-electron chi connectivity index (χ4n) is 3.08. The molecule has 1 saturated carbocycles. The van der Waals surface area contributed by atoms with Gasteiger partial charge in [-0.1, -0.05) is 12.2 Å². The van der Waals surface area contributed by atoms with Gasteiger partial charge in [0.1, 0.15) is 10.0 Å². The van der Waals surface area contributed by atoms with Crippen LogP contribution in [0.4, 0.5) is 11.6 Å². The Balaban J connectivity index is 1.63. The molecule has 3 heterocycles. The second-order valence-corrected chi connectivity index (χ2v) is 11.6. The maximum absolute atomic E-state index is 12.6. The number of sulfonamides is 1. The molecule has 0 saturated heterocycles. The summed E-state index contributed by atoms with van der Waals surface area (Å²) < 4.78 is 28.2. The molecule has 4 rings (SSSR count). The Morgan fingerprint density at radius 1 is 1.26 bits per heavy atom. The first-order chi connectivity index (χ1) is 14.6. The van der Waals surface area contributed by atoms with Crippen LogP contribution in [0.15, 0.2) is 34.7 Å². The Labute approximate surface area is 186 Å². The van der Waals surface area contributed by atoms with Crippen LogP contribution in [0.5, 0.6) is 0 Å². The van der Waals surface area contributed by atoms with Gasteiger partial charge in [-0.3, -0.25) is 5.10 Å². The second kappa shape index (κ2) is 8.18. The quantitative estimate of drug-likeness (QED) is 0.475. The van der Waals surface area contributed by atoms with Crippen LogP contribution in [-0.2, 0) is 10.0 Å². The Bertz CT molecular complexity index is 1220. The van der Waals surface area contributed by atoms with Crippen molar-refractivity contribution in [1.29, 1.82) is 0 Å². The molecule has 0 aliphatic heterocycles. The fraction of sp³-hybridized carbons (Fsp3) is 0.381. The maximum atomic E-state index is 12.6. The minimum atomic E-state index is -3.61. The average Bonchev–Trinajstić information content (AvgIpc) is 3.21. The van der Waals surface area contributed by atoms with E-state index in [2.05, 4.69) is 30.2 Å². The molecule has 10 heteroatoms. The summed E-state index contributed by atoms with van der Waals surface area (Å²) in [6.07, 6.45) is 7.93. The number of nitrogens with zero attached hydrogens (tertiary/aromatic N) is 3. The summed E-state index contributed by atoms with van der Waals surface area (Å²) >= 11 is 1.14. The summed E-state index contributed by atoms with van der Waals surface area (Å²) in [7, 11) is -3.61. The summed E-state index contributed by atoms with van der Waals surface area (Å²) in [6, 6.07) is 5.32. The van der Waals surface area contributed by atoms with Crippen LogP contribution in [0.2, 0.25) is 0 Å². The molecule has 0 atom stereocenters. The van der Waals surface area contributed by atoms with E-state index in [4.69, 9.17) is 0 Å². The lowest BCUT2D eigenvalue weighted by molar-refractivity contribution is 0.492. The first-order valence-corrected chi connectivity index (χ1v) is 12.4. The zero-order valence-corrected chi connectivity index (χ0v) is 19.6. The van der Waals surface area contributed by atoms with Crippen molar-refractivity contribution in [3.05, 3.63) is 41.7 Å². The van der Waals surface area contributed by atoms with E-state index in [1.807, 2.05) is 45.9 Å². The maximum Gasteiger partial charge on any atom is 0.250 e. The number of thiophene rings is 1. The van der Waals surface area contributed by atoms with E-state index in [0.717, 1.165) is 22.6 Å². The number of allylic oxidation sites excluding steroid dienone is 1. The van der Waals surface area contributed by atoms with Gasteiger partial charge in [-0.2, -0.15) is 5.10 Å². The lowest BCUT2D eigenvalue weighted by Gasteiger charge is -2.19. The van der Waals surface area contributed by atoms with Crippen LogP contribution < -0.4 is 10.0 Å². The average molecular weight is 459 g/mol. The summed E-state index contributed by atoms with van der Waals surface area (Å²) in [4.78, 5) is 9.78. The van der Waals surface area contributed by atoms with Crippen LogP contribution in [0.3, 0.4) is 0 Å². The van der Waals surface area contributed by atoms with Gasteiger partial charge < -0.3 is 5.32 Å². The molecule has 0 amide bonds. The number of H-pyrrole nitrogens is 1. The smallest absolute Gasteiger partial charge is 0.250 e. The van der Waals surface area contributed by atoms with Crippen LogP contribution in [-0.4, -0.2) is 34.1 Å². The Morgan fingerprint density at radius 2 is 2.03 bits per heavy atom. The van der Waals surface area contributed by atoms with Crippen molar-refractivity contribution in [2.24, 2.45) is 0 Å². The van der Waals surface area contributed by atoms with Gasteiger partial charge in [0.25, 0.3) is 10.0 Å². The predicted octanol–water partition coefficient (Wildman–Crippen LogP) is 4.66. The van der Waals surface area contributed by atoms with Crippen molar-refractivity contribution in [3.63, 3.8) is 0 Å². The van der Waals surface area contributed by atoms with E-state index in [9.17, 15) is 8.42 Å². The molecule has 0 radical (unpaired) electrons. The second-order valence-electron chi connectivity index (χ2n) is 8.58. The highest BCUT2D eigenvalue weighted by Gasteiger charge is 2.26. The normalized spacial score (nSPS) is 15.0. The Hall–Kier alpha value is -2.56. The first kappa shape index (κ1) is 21.7. The molecular formula is C21H26N6O2S2. The number of aromatic nitrogens is 4. The van der Waals surface area contributed by atoms with Crippen molar-refractivity contribution in [1.82, 2.24) is 24.9 Å². The van der Waals surface area contributed by atoms with Gasteiger partial charge in [0.15, 0.2) is 11.6 Å². The number of anilines is 2. The number of nitrogens with one attached hydrogen (secondary N) is 3. The Kier molecular flexibility index (Phi) is 5.71. The predicted molar refractivity (Wildman–Crippen MR) is 124 cm³/mol. The standard InChI is InChI=1S/C21H26N6O2S2/c1-5-6-14-12-22-20(16-9-10-18(30-16)31(28,29)27-21(2,3)4)24-19(14)23-17-11-15(25-26-17)13-7-8-13/h5-6,9-13,27H,7-8H2,1-4H3,(H2,22,23,24,25,26). The minimum absolute atomic E-state index is 0.231. The largest absolute Gasteiger partial charge is 0.323 e. The SMILES string of the molecule is CC=Cc1cnc(-c2ccc(S(=O)(=O)NC(C)(C)C)s2)nc1Nc1cc(C2CC2)[nH]n1. The van der Waals surface area contributed by atoms with Gasteiger partial charge in [0, 0.05) is 35.0 Å². The van der Waals surface area contributed by atoms with Crippen LogP contribution >= 0.6 is 11.3 Å². The van der Waals surface area contributed by atoms with E-state index >= 15 is 0 Å². The summed E-state index contributed by atoms with van der Waals surface area (Å²) in [5.74, 6) is 2.34. The van der Waals surface area contributed by atoms with E-state index in [-0.39, 0.29) is 4.21 Å². The monoisotopic (exact) mass is 458 g/mol. The molecule has 31 heavy (non-hydrogen) atoms. The summed E-state index contributed by atoms with van der Waals surface area (Å²) in [5.41, 5.74) is 1.39. The zero-order valence-electron chi connectivity index (χ0n) is 17.9. The lowest BCUT2D eigenvalue weighted by Crippen LogP contribution is -2.40. The van der Waals surface area contributed by atoms with E-state index in [1.54, 1.807) is 18.3 Å². The van der Waals surface area contributed by atoms with Gasteiger partial charge in [0.2, 0.25) is 0 Å². The van der Waals surface area contributed by atoms with Crippen LogP contribution in [0.25, 0.3) is 16.8 Å². The van der Waals surface area contributed by atoms with Crippen LogP contribution in [0, 0.1) is 0 Å². The van der Waals surface area contributed by atoms with E-state index < -0.39 is 15.6 Å². The Morgan fingerprint density at radius 3 is 2.71 bits per heavy atom. The highest BCUT2D eigenvalue weighted by molar-refractivity contribution is 7.91. The third-order valence-electron chi connectivity index (χ3n) is 4.53. The van der Waals surface area contributed by atoms with Crippen molar-refractivity contribution in [2.45, 2.75) is 56.2 Å². The molecule has 0 spiro atoms. The molecule has 3 aromatic rings. The molecule has 1 aliphatic carbocycles. The lowest BCUT2D eigenvalue weighted by atomic mass is 10.1. The molecule has 8 nitrogen and oxygen atoms in total. The van der Waals surface area contributed by atoms with Gasteiger partial charge in [-0.05, 0) is 52.7 Å². The van der Waals surface area contributed by atoms with Gasteiger partial charge >= 0.3 is 0 Å². The number of rotatable bonds is 7. The third kappa shape index (κ3) is 5.20. The van der Waals surface area contributed by atoms with Crippen LogP contribution in [0.1, 0.15) is 57.7 Å². The number of hydrogen-bond donors (Lipinski definition) is 3. The topological polar surface area (TPSA) is 113 Å².